The van der Waals surface area contributed by atoms with Gasteiger partial charge in [0.15, 0.2) is 0 Å². The van der Waals surface area contributed by atoms with Crippen LogP contribution in [0.25, 0.3) is 0 Å². The molecule has 1 N–H and O–H groups in total. The Labute approximate surface area is 123 Å². The van der Waals surface area contributed by atoms with Crippen molar-refractivity contribution in [2.45, 2.75) is 25.3 Å². The van der Waals surface area contributed by atoms with Gasteiger partial charge >= 0.3 is 5.97 Å². The average molecular weight is 283 g/mol. The number of nitrogens with zero attached hydrogens (tertiary/aromatic N) is 1. The van der Waals surface area contributed by atoms with Gasteiger partial charge in [0.1, 0.15) is 6.04 Å². The first-order chi connectivity index (χ1) is 10.2. The highest BCUT2D eigenvalue weighted by Crippen LogP contribution is 2.42. The number of benzene rings is 1. The highest BCUT2D eigenvalue weighted by molar-refractivity contribution is 5.97. The van der Waals surface area contributed by atoms with E-state index in [-0.39, 0.29) is 11.8 Å². The van der Waals surface area contributed by atoms with Crippen LogP contribution in [-0.2, 0) is 9.59 Å². The van der Waals surface area contributed by atoms with Crippen LogP contribution in [0.2, 0.25) is 0 Å². The molecule has 1 aliphatic heterocycles. The summed E-state index contributed by atoms with van der Waals surface area (Å²) in [6.45, 7) is 0.532. The van der Waals surface area contributed by atoms with Crippen LogP contribution in [0.3, 0.4) is 0 Å². The number of likely N-dealkylation sites (tertiary alicyclic amines) is 1. The maximum absolute atomic E-state index is 12.3. The lowest BCUT2D eigenvalue weighted by molar-refractivity contribution is -0.147. The van der Waals surface area contributed by atoms with Crippen molar-refractivity contribution >= 4 is 11.9 Å². The average Bonchev–Trinajstić information content (AvgIpc) is 3.05. The smallest absolute Gasteiger partial charge is 0.326 e. The van der Waals surface area contributed by atoms with E-state index in [4.69, 9.17) is 0 Å². The molecule has 3 rings (SSSR count). The van der Waals surface area contributed by atoms with E-state index >= 15 is 0 Å². The summed E-state index contributed by atoms with van der Waals surface area (Å²) in [6, 6.07) is 8.55. The highest BCUT2D eigenvalue weighted by atomic mass is 16.4. The maximum atomic E-state index is 12.3. The van der Waals surface area contributed by atoms with E-state index < -0.39 is 12.0 Å². The topological polar surface area (TPSA) is 57.6 Å². The number of rotatable bonds is 1. The Bertz CT molecular complexity index is 614. The summed E-state index contributed by atoms with van der Waals surface area (Å²) in [7, 11) is 0. The molecule has 1 aromatic rings. The lowest BCUT2D eigenvalue weighted by Gasteiger charge is -2.22. The van der Waals surface area contributed by atoms with Crippen molar-refractivity contribution in [3.63, 3.8) is 0 Å². The summed E-state index contributed by atoms with van der Waals surface area (Å²) < 4.78 is 0. The zero-order valence-corrected chi connectivity index (χ0v) is 11.7. The molecular weight excluding hydrogens is 266 g/mol. The molecule has 3 unspecified atom stereocenters. The van der Waals surface area contributed by atoms with Crippen molar-refractivity contribution < 1.29 is 14.7 Å². The summed E-state index contributed by atoms with van der Waals surface area (Å²) in [5.74, 6) is 4.55. The first-order valence-electron chi connectivity index (χ1n) is 7.27. The Morgan fingerprint density at radius 1 is 1.19 bits per heavy atom. The number of amides is 1. The van der Waals surface area contributed by atoms with Crippen LogP contribution in [0.5, 0.6) is 0 Å². The van der Waals surface area contributed by atoms with Crippen molar-refractivity contribution in [1.29, 1.82) is 0 Å². The second kappa shape index (κ2) is 5.61. The zero-order chi connectivity index (χ0) is 14.8. The molecule has 0 radical (unpaired) electrons. The molecule has 0 aromatic heterocycles. The third-order valence-corrected chi connectivity index (χ3v) is 4.49. The fraction of sp³-hybridized carbons (Fsp3) is 0.412. The van der Waals surface area contributed by atoms with E-state index in [1.807, 2.05) is 30.3 Å². The molecule has 0 spiro atoms. The van der Waals surface area contributed by atoms with Gasteiger partial charge in [0.05, 0.1) is 0 Å². The van der Waals surface area contributed by atoms with Gasteiger partial charge in [-0.05, 0) is 36.8 Å². The first kappa shape index (κ1) is 13.7. The van der Waals surface area contributed by atoms with E-state index in [2.05, 4.69) is 11.8 Å². The van der Waals surface area contributed by atoms with E-state index in [1.54, 1.807) is 0 Å². The summed E-state index contributed by atoms with van der Waals surface area (Å²) in [6.07, 6.45) is 2.98. The van der Waals surface area contributed by atoms with Gasteiger partial charge in [-0.15, -0.1) is 0 Å². The minimum Gasteiger partial charge on any atom is -0.480 e. The molecule has 4 heteroatoms. The van der Waals surface area contributed by atoms with Crippen LogP contribution in [0.1, 0.15) is 24.8 Å². The SMILES string of the molecule is O=C(O)C1C2CCCC2CN1C(=O)C#Cc1ccccc1. The van der Waals surface area contributed by atoms with Gasteiger partial charge in [-0.1, -0.05) is 30.5 Å². The van der Waals surface area contributed by atoms with Gasteiger partial charge in [0, 0.05) is 18.0 Å². The van der Waals surface area contributed by atoms with Crippen LogP contribution >= 0.6 is 0 Å². The second-order valence-electron chi connectivity index (χ2n) is 5.71. The Kier molecular flexibility index (Phi) is 3.66. The zero-order valence-electron chi connectivity index (χ0n) is 11.7. The number of hydrogen-bond donors (Lipinski definition) is 1. The lowest BCUT2D eigenvalue weighted by Crippen LogP contribution is -2.42. The molecule has 1 aliphatic carbocycles. The molecule has 21 heavy (non-hydrogen) atoms. The minimum absolute atomic E-state index is 0.102. The van der Waals surface area contributed by atoms with E-state index in [0.717, 1.165) is 24.8 Å². The number of hydrogen-bond acceptors (Lipinski definition) is 2. The van der Waals surface area contributed by atoms with Gasteiger partial charge in [-0.2, -0.15) is 0 Å². The molecule has 1 saturated carbocycles. The summed E-state index contributed by atoms with van der Waals surface area (Å²) in [5.41, 5.74) is 0.761. The number of aliphatic carboxylic acids is 1. The molecular formula is C17H17NO3. The predicted molar refractivity (Wildman–Crippen MR) is 77.3 cm³/mol. The van der Waals surface area contributed by atoms with Crippen molar-refractivity contribution in [3.05, 3.63) is 35.9 Å². The quantitative estimate of drug-likeness (QED) is 0.799. The van der Waals surface area contributed by atoms with Crippen molar-refractivity contribution in [1.82, 2.24) is 4.90 Å². The van der Waals surface area contributed by atoms with Gasteiger partial charge in [-0.3, -0.25) is 4.79 Å². The monoisotopic (exact) mass is 283 g/mol. The summed E-state index contributed by atoms with van der Waals surface area (Å²) in [4.78, 5) is 25.2. The third kappa shape index (κ3) is 2.64. The van der Waals surface area contributed by atoms with Gasteiger partial charge in [0.2, 0.25) is 0 Å². The van der Waals surface area contributed by atoms with E-state index in [9.17, 15) is 14.7 Å². The Morgan fingerprint density at radius 2 is 1.95 bits per heavy atom. The van der Waals surface area contributed by atoms with Gasteiger partial charge in [0.25, 0.3) is 5.91 Å². The van der Waals surface area contributed by atoms with Crippen LogP contribution in [0.15, 0.2) is 30.3 Å². The maximum Gasteiger partial charge on any atom is 0.326 e. The summed E-state index contributed by atoms with van der Waals surface area (Å²) in [5, 5.41) is 9.42. The number of carbonyl (C=O) groups excluding carboxylic acids is 1. The van der Waals surface area contributed by atoms with Crippen LogP contribution in [-0.4, -0.2) is 34.5 Å². The molecule has 1 heterocycles. The molecule has 2 fully saturated rings. The lowest BCUT2D eigenvalue weighted by atomic mass is 9.94. The Balaban J connectivity index is 1.78. The molecule has 1 amide bonds. The minimum atomic E-state index is -0.903. The largest absolute Gasteiger partial charge is 0.480 e. The van der Waals surface area contributed by atoms with Gasteiger partial charge < -0.3 is 10.0 Å². The molecule has 1 saturated heterocycles. The molecule has 4 nitrogen and oxygen atoms in total. The molecule has 108 valence electrons. The van der Waals surface area contributed by atoms with Crippen molar-refractivity contribution in [2.24, 2.45) is 11.8 Å². The van der Waals surface area contributed by atoms with E-state index in [0.29, 0.717) is 12.5 Å². The summed E-state index contributed by atoms with van der Waals surface area (Å²) >= 11 is 0. The normalized spacial score (nSPS) is 26.9. The number of carbonyl (C=O) groups is 2. The molecule has 0 bridgehead atoms. The fourth-order valence-electron chi connectivity index (χ4n) is 3.55. The highest BCUT2D eigenvalue weighted by Gasteiger charge is 2.49. The first-order valence-corrected chi connectivity index (χ1v) is 7.27. The molecule has 3 atom stereocenters. The van der Waals surface area contributed by atoms with Gasteiger partial charge in [-0.25, -0.2) is 4.79 Å². The second-order valence-corrected chi connectivity index (χ2v) is 5.71. The number of carboxylic acid groups (broad SMARTS) is 1. The molecule has 2 aliphatic rings. The third-order valence-electron chi connectivity index (χ3n) is 4.49. The number of fused-ring (bicyclic) bond motifs is 1. The molecule has 1 aromatic carbocycles. The van der Waals surface area contributed by atoms with Crippen LogP contribution in [0.4, 0.5) is 0 Å². The number of carboxylic acids is 1. The Morgan fingerprint density at radius 3 is 2.67 bits per heavy atom. The van der Waals surface area contributed by atoms with Crippen molar-refractivity contribution in [3.8, 4) is 11.8 Å². The standard InChI is InChI=1S/C17H17NO3/c19-15(10-9-12-5-2-1-3-6-12)18-11-13-7-4-8-14(13)16(18)17(20)21/h1-3,5-6,13-14,16H,4,7-8,11H2,(H,20,21). The predicted octanol–water partition coefficient (Wildman–Crippen LogP) is 1.75. The van der Waals surface area contributed by atoms with Crippen LogP contribution < -0.4 is 0 Å². The Hall–Kier alpha value is -2.28. The fourth-order valence-corrected chi connectivity index (χ4v) is 3.55. The van der Waals surface area contributed by atoms with Crippen LogP contribution in [0, 0.1) is 23.7 Å². The van der Waals surface area contributed by atoms with Crippen molar-refractivity contribution in [2.75, 3.05) is 6.54 Å². The van der Waals surface area contributed by atoms with E-state index in [1.165, 1.54) is 4.90 Å².